The minimum atomic E-state index is -0.633. The summed E-state index contributed by atoms with van der Waals surface area (Å²) in [6.07, 6.45) is 2.81. The Kier molecular flexibility index (Phi) is 2.04. The molecule has 0 spiro atoms. The van der Waals surface area contributed by atoms with Crippen LogP contribution in [0.15, 0.2) is 16.1 Å². The SMILES string of the molecule is CC1(Cl)C=C(Cl)C=NC1N. The van der Waals surface area contributed by atoms with Gasteiger partial charge < -0.3 is 5.73 Å². The van der Waals surface area contributed by atoms with Gasteiger partial charge in [0.1, 0.15) is 6.17 Å². The normalized spacial score (nSPS) is 39.6. The van der Waals surface area contributed by atoms with E-state index in [0.717, 1.165) is 0 Å². The van der Waals surface area contributed by atoms with Crippen LogP contribution in [-0.4, -0.2) is 17.3 Å². The van der Waals surface area contributed by atoms with Crippen LogP contribution >= 0.6 is 23.2 Å². The lowest BCUT2D eigenvalue weighted by molar-refractivity contribution is 0.591. The molecule has 1 rings (SSSR count). The summed E-state index contributed by atoms with van der Waals surface area (Å²) >= 11 is 11.6. The lowest BCUT2D eigenvalue weighted by Gasteiger charge is -2.25. The average Bonchev–Trinajstić information content (AvgIpc) is 1.78. The molecular weight excluding hydrogens is 171 g/mol. The number of nitrogens with zero attached hydrogens (tertiary/aromatic N) is 1. The molecule has 0 bridgehead atoms. The predicted molar refractivity (Wildman–Crippen MR) is 44.7 cm³/mol. The number of aliphatic imine (C=N–C) groups is 1. The molecule has 0 aromatic carbocycles. The summed E-state index contributed by atoms with van der Waals surface area (Å²) in [6.45, 7) is 1.78. The summed E-state index contributed by atoms with van der Waals surface area (Å²) in [5.74, 6) is 0. The second-order valence-electron chi connectivity index (χ2n) is 2.40. The van der Waals surface area contributed by atoms with Gasteiger partial charge in [0.2, 0.25) is 0 Å². The molecule has 2 N–H and O–H groups in total. The number of rotatable bonds is 0. The number of hydrogen-bond acceptors (Lipinski definition) is 2. The Morgan fingerprint density at radius 3 is 2.80 bits per heavy atom. The summed E-state index contributed by atoms with van der Waals surface area (Å²) < 4.78 is 0. The van der Waals surface area contributed by atoms with Crippen molar-refractivity contribution in [3.63, 3.8) is 0 Å². The van der Waals surface area contributed by atoms with Crippen molar-refractivity contribution < 1.29 is 0 Å². The fourth-order valence-corrected chi connectivity index (χ4v) is 1.20. The van der Waals surface area contributed by atoms with Gasteiger partial charge in [-0.3, -0.25) is 4.99 Å². The monoisotopic (exact) mass is 178 g/mol. The minimum Gasteiger partial charge on any atom is -0.308 e. The first-order chi connectivity index (χ1) is 4.52. The van der Waals surface area contributed by atoms with Gasteiger partial charge in [0.25, 0.3) is 0 Å². The van der Waals surface area contributed by atoms with Crippen LogP contribution in [0.5, 0.6) is 0 Å². The van der Waals surface area contributed by atoms with Crippen molar-refractivity contribution in [2.24, 2.45) is 10.7 Å². The Balaban J connectivity index is 2.88. The zero-order valence-electron chi connectivity index (χ0n) is 5.51. The molecule has 0 amide bonds. The van der Waals surface area contributed by atoms with Gasteiger partial charge in [0.15, 0.2) is 0 Å². The minimum absolute atomic E-state index is 0.392. The van der Waals surface area contributed by atoms with E-state index in [1.54, 1.807) is 13.0 Å². The highest BCUT2D eigenvalue weighted by Gasteiger charge is 2.28. The van der Waals surface area contributed by atoms with Crippen LogP contribution in [0.3, 0.4) is 0 Å². The summed E-state index contributed by atoms with van der Waals surface area (Å²) in [5, 5.41) is 0.541. The predicted octanol–water partition coefficient (Wildman–Crippen LogP) is 1.48. The standard InChI is InChI=1S/C6H8Cl2N2/c1-6(8)2-4(7)3-10-5(6)9/h2-3,5H,9H2,1H3. The third-order valence-corrected chi connectivity index (χ3v) is 1.90. The van der Waals surface area contributed by atoms with Crippen molar-refractivity contribution in [2.75, 3.05) is 0 Å². The van der Waals surface area contributed by atoms with E-state index in [9.17, 15) is 0 Å². The van der Waals surface area contributed by atoms with E-state index < -0.39 is 11.0 Å². The largest absolute Gasteiger partial charge is 0.308 e. The van der Waals surface area contributed by atoms with Gasteiger partial charge in [-0.05, 0) is 13.0 Å². The van der Waals surface area contributed by atoms with Crippen molar-refractivity contribution in [1.82, 2.24) is 0 Å². The fraction of sp³-hybridized carbons (Fsp3) is 0.500. The molecule has 2 nitrogen and oxygen atoms in total. The lowest BCUT2D eigenvalue weighted by atomic mass is 10.1. The summed E-state index contributed by atoms with van der Waals surface area (Å²) in [5.41, 5.74) is 5.54. The first-order valence-corrected chi connectivity index (χ1v) is 3.64. The van der Waals surface area contributed by atoms with E-state index in [1.807, 2.05) is 0 Å². The molecule has 56 valence electrons. The molecule has 0 fully saturated rings. The average molecular weight is 179 g/mol. The Hall–Kier alpha value is -0.0500. The summed E-state index contributed by atoms with van der Waals surface area (Å²) in [7, 11) is 0. The maximum absolute atomic E-state index is 5.92. The fourth-order valence-electron chi connectivity index (χ4n) is 0.690. The zero-order valence-corrected chi connectivity index (χ0v) is 7.02. The van der Waals surface area contributed by atoms with E-state index in [4.69, 9.17) is 28.9 Å². The number of halogens is 2. The maximum atomic E-state index is 5.92. The third-order valence-electron chi connectivity index (χ3n) is 1.36. The highest BCUT2D eigenvalue weighted by atomic mass is 35.5. The molecule has 2 atom stereocenters. The van der Waals surface area contributed by atoms with Gasteiger partial charge in [0, 0.05) is 6.21 Å². The second-order valence-corrected chi connectivity index (χ2v) is 3.65. The Morgan fingerprint density at radius 2 is 2.40 bits per heavy atom. The molecule has 0 aromatic heterocycles. The number of dihydropyridines is 1. The number of hydrogen-bond donors (Lipinski definition) is 1. The van der Waals surface area contributed by atoms with Crippen LogP contribution in [-0.2, 0) is 0 Å². The molecule has 1 aliphatic rings. The van der Waals surface area contributed by atoms with Gasteiger partial charge in [-0.2, -0.15) is 0 Å². The molecule has 2 unspecified atom stereocenters. The summed E-state index contributed by atoms with van der Waals surface area (Å²) in [4.78, 5) is 3.25. The highest BCUT2D eigenvalue weighted by Crippen LogP contribution is 2.26. The topological polar surface area (TPSA) is 38.4 Å². The van der Waals surface area contributed by atoms with Crippen LogP contribution in [0, 0.1) is 0 Å². The van der Waals surface area contributed by atoms with Gasteiger partial charge in [-0.1, -0.05) is 11.6 Å². The van der Waals surface area contributed by atoms with Gasteiger partial charge >= 0.3 is 0 Å². The van der Waals surface area contributed by atoms with Crippen LogP contribution in [0.4, 0.5) is 0 Å². The van der Waals surface area contributed by atoms with E-state index in [2.05, 4.69) is 4.99 Å². The molecule has 4 heteroatoms. The van der Waals surface area contributed by atoms with Crippen LogP contribution in [0.25, 0.3) is 0 Å². The molecule has 1 heterocycles. The van der Waals surface area contributed by atoms with E-state index in [0.29, 0.717) is 5.03 Å². The molecule has 0 aromatic rings. The highest BCUT2D eigenvalue weighted by molar-refractivity contribution is 6.40. The van der Waals surface area contributed by atoms with Crippen LogP contribution in [0.2, 0.25) is 0 Å². The van der Waals surface area contributed by atoms with Crippen molar-refractivity contribution in [3.8, 4) is 0 Å². The zero-order chi connectivity index (χ0) is 7.78. The molecule has 10 heavy (non-hydrogen) atoms. The molecular formula is C6H8Cl2N2. The molecule has 0 aliphatic carbocycles. The molecule has 1 aliphatic heterocycles. The van der Waals surface area contributed by atoms with Crippen molar-refractivity contribution in [1.29, 1.82) is 0 Å². The first kappa shape index (κ1) is 8.05. The Morgan fingerprint density at radius 1 is 1.80 bits per heavy atom. The molecule has 0 radical (unpaired) electrons. The quantitative estimate of drug-likeness (QED) is 0.562. The third kappa shape index (κ3) is 1.51. The van der Waals surface area contributed by atoms with Gasteiger partial charge in [-0.15, -0.1) is 11.6 Å². The first-order valence-electron chi connectivity index (χ1n) is 2.88. The molecule has 0 saturated heterocycles. The van der Waals surface area contributed by atoms with E-state index in [1.165, 1.54) is 6.21 Å². The van der Waals surface area contributed by atoms with Crippen molar-refractivity contribution in [3.05, 3.63) is 11.1 Å². The van der Waals surface area contributed by atoms with Crippen LogP contribution < -0.4 is 5.73 Å². The maximum Gasteiger partial charge on any atom is 0.120 e. The van der Waals surface area contributed by atoms with Crippen LogP contribution in [0.1, 0.15) is 6.92 Å². The van der Waals surface area contributed by atoms with Crippen molar-refractivity contribution >= 4 is 29.4 Å². The molecule has 0 saturated carbocycles. The number of alkyl halides is 1. The van der Waals surface area contributed by atoms with Crippen molar-refractivity contribution in [2.45, 2.75) is 18.0 Å². The number of allylic oxidation sites excluding steroid dienone is 1. The summed E-state index contributed by atoms with van der Waals surface area (Å²) in [6, 6.07) is 0. The Bertz CT molecular complexity index is 196. The number of nitrogens with two attached hydrogens (primary N) is 1. The second kappa shape index (κ2) is 2.53. The van der Waals surface area contributed by atoms with E-state index >= 15 is 0 Å². The van der Waals surface area contributed by atoms with Gasteiger partial charge in [-0.25, -0.2) is 0 Å². The lowest BCUT2D eigenvalue weighted by Crippen LogP contribution is -2.39. The van der Waals surface area contributed by atoms with E-state index in [-0.39, 0.29) is 0 Å². The van der Waals surface area contributed by atoms with Gasteiger partial charge in [0.05, 0.1) is 9.91 Å². The Labute approximate surface area is 69.7 Å². The smallest absolute Gasteiger partial charge is 0.120 e.